The molecule has 15 heavy (non-hydrogen) atoms. The van der Waals surface area contributed by atoms with Crippen molar-refractivity contribution < 1.29 is 66.1 Å². The van der Waals surface area contributed by atoms with Crippen LogP contribution in [0.15, 0.2) is 23.9 Å². The number of nitriles is 1. The zero-order chi connectivity index (χ0) is 11.1. The zero-order valence-corrected chi connectivity index (χ0v) is 11.8. The van der Waals surface area contributed by atoms with Crippen molar-refractivity contribution in [2.45, 2.75) is 13.3 Å². The van der Waals surface area contributed by atoms with E-state index in [2.05, 4.69) is 11.9 Å². The Morgan fingerprint density at radius 3 is 2.53 bits per heavy atom. The summed E-state index contributed by atoms with van der Waals surface area (Å²) in [5.74, 6) is -2.00. The van der Waals surface area contributed by atoms with Crippen LogP contribution in [0.25, 0.3) is 0 Å². The Hall–Kier alpha value is -0.454. The van der Waals surface area contributed by atoms with Crippen molar-refractivity contribution in [2.75, 3.05) is 0 Å². The molecule has 0 aromatic heterocycles. The third kappa shape index (κ3) is 8.54. The quantitative estimate of drug-likeness (QED) is 0.306. The van der Waals surface area contributed by atoms with E-state index in [1.807, 2.05) is 0 Å². The number of amides is 1. The number of carbonyl (C=O) groups excluding carboxylic acids is 2. The van der Waals surface area contributed by atoms with E-state index in [4.69, 9.17) is 5.26 Å². The molecule has 0 unspecified atom stereocenters. The van der Waals surface area contributed by atoms with Gasteiger partial charge in [0.25, 0.3) is 0 Å². The molecule has 0 aliphatic carbocycles. The number of hydrogen-bond acceptors (Lipinski definition) is 4. The second kappa shape index (κ2) is 8.82. The van der Waals surface area contributed by atoms with E-state index in [0.29, 0.717) is 5.70 Å². The van der Waals surface area contributed by atoms with E-state index in [1.54, 1.807) is 6.07 Å². The van der Waals surface area contributed by atoms with Crippen molar-refractivity contribution in [1.82, 2.24) is 5.32 Å². The van der Waals surface area contributed by atoms with Gasteiger partial charge in [-0.15, -0.1) is 0 Å². The van der Waals surface area contributed by atoms with Gasteiger partial charge in [-0.1, -0.05) is 6.58 Å². The molecule has 0 rings (SSSR count). The minimum absolute atomic E-state index is 0. The van der Waals surface area contributed by atoms with Crippen LogP contribution >= 0.6 is 0 Å². The summed E-state index contributed by atoms with van der Waals surface area (Å²) in [5.41, 5.74) is 0.0518. The van der Waals surface area contributed by atoms with Crippen LogP contribution in [0.1, 0.15) is 13.3 Å². The summed E-state index contributed by atoms with van der Waals surface area (Å²) in [6.07, 6.45) is 0.790. The standard InChI is InChI=1S/C9H10N2O3.K/c1-6(9(13)14)5-8(12)11-7(2)3-4-10;/h3H,1,5H2,2H3,(H,11,12)(H,13,14);/q;+1/p-1. The van der Waals surface area contributed by atoms with E-state index in [1.165, 1.54) is 6.92 Å². The van der Waals surface area contributed by atoms with Crippen LogP contribution in [0.5, 0.6) is 0 Å². The van der Waals surface area contributed by atoms with Gasteiger partial charge < -0.3 is 15.2 Å². The molecule has 0 saturated carbocycles. The Morgan fingerprint density at radius 2 is 2.13 bits per heavy atom. The molecule has 0 bridgehead atoms. The number of rotatable bonds is 4. The molecule has 0 radical (unpaired) electrons. The van der Waals surface area contributed by atoms with Crippen molar-refractivity contribution in [1.29, 1.82) is 5.26 Å². The van der Waals surface area contributed by atoms with Crippen molar-refractivity contribution in [3.05, 3.63) is 23.9 Å². The summed E-state index contributed by atoms with van der Waals surface area (Å²) in [7, 11) is 0. The maximum atomic E-state index is 11.0. The predicted octanol–water partition coefficient (Wildman–Crippen LogP) is -3.77. The van der Waals surface area contributed by atoms with E-state index in [0.717, 1.165) is 6.08 Å². The monoisotopic (exact) mass is 232 g/mol. The largest absolute Gasteiger partial charge is 1.00 e. The third-order valence-corrected chi connectivity index (χ3v) is 1.28. The van der Waals surface area contributed by atoms with Crippen LogP contribution in [-0.4, -0.2) is 11.9 Å². The van der Waals surface area contributed by atoms with Gasteiger partial charge in [-0.25, -0.2) is 0 Å². The molecule has 0 aromatic rings. The minimum atomic E-state index is -1.46. The number of carboxylic acids is 1. The number of nitrogens with one attached hydrogen (secondary N) is 1. The average Bonchev–Trinajstić information content (AvgIpc) is 2.03. The number of nitrogens with zero attached hydrogens (tertiary/aromatic N) is 1. The van der Waals surface area contributed by atoms with Crippen LogP contribution in [0.4, 0.5) is 0 Å². The predicted molar refractivity (Wildman–Crippen MR) is 46.3 cm³/mol. The van der Waals surface area contributed by atoms with Gasteiger partial charge in [0.15, 0.2) is 0 Å². The van der Waals surface area contributed by atoms with Gasteiger partial charge in [0.1, 0.15) is 0 Å². The van der Waals surface area contributed by atoms with Crippen LogP contribution in [0, 0.1) is 11.3 Å². The van der Waals surface area contributed by atoms with Gasteiger partial charge in [-0.05, 0) is 12.5 Å². The number of carboxylic acid groups (broad SMARTS) is 1. The molecule has 0 fully saturated rings. The smallest absolute Gasteiger partial charge is 0.545 e. The fourth-order valence-electron chi connectivity index (χ4n) is 0.663. The Bertz CT molecular complexity index is 342. The number of carbonyl (C=O) groups is 2. The zero-order valence-electron chi connectivity index (χ0n) is 8.66. The van der Waals surface area contributed by atoms with E-state index in [9.17, 15) is 14.7 Å². The fourth-order valence-corrected chi connectivity index (χ4v) is 0.663. The summed E-state index contributed by atoms with van der Waals surface area (Å²) in [6, 6.07) is 1.72. The summed E-state index contributed by atoms with van der Waals surface area (Å²) < 4.78 is 0. The Labute approximate surface area is 130 Å². The summed E-state index contributed by atoms with van der Waals surface area (Å²) >= 11 is 0. The molecule has 1 N–H and O–H groups in total. The number of hydrogen-bond donors (Lipinski definition) is 1. The van der Waals surface area contributed by atoms with Crippen LogP contribution in [-0.2, 0) is 9.59 Å². The Balaban J connectivity index is 0. The maximum Gasteiger partial charge on any atom is 1.00 e. The summed E-state index contributed by atoms with van der Waals surface area (Å²) in [4.78, 5) is 21.2. The topological polar surface area (TPSA) is 93.0 Å². The third-order valence-electron chi connectivity index (χ3n) is 1.28. The Kier molecular flexibility index (Phi) is 9.97. The first-order valence-electron chi connectivity index (χ1n) is 3.72. The molecular formula is C9H9KN2O3. The van der Waals surface area contributed by atoms with Crippen molar-refractivity contribution in [2.24, 2.45) is 0 Å². The maximum absolute atomic E-state index is 11.0. The number of aliphatic carboxylic acids is 1. The van der Waals surface area contributed by atoms with Gasteiger partial charge in [0, 0.05) is 11.8 Å². The first kappa shape index (κ1) is 17.0. The molecule has 0 saturated heterocycles. The van der Waals surface area contributed by atoms with Crippen molar-refractivity contribution >= 4 is 11.9 Å². The molecule has 0 aromatic carbocycles. The molecular weight excluding hydrogens is 223 g/mol. The summed E-state index contributed by atoms with van der Waals surface area (Å²) in [5, 5.41) is 20.7. The molecule has 1 amide bonds. The molecule has 0 heterocycles. The minimum Gasteiger partial charge on any atom is -0.545 e. The van der Waals surface area contributed by atoms with Gasteiger partial charge in [-0.3, -0.25) is 4.79 Å². The van der Waals surface area contributed by atoms with E-state index >= 15 is 0 Å². The molecule has 74 valence electrons. The van der Waals surface area contributed by atoms with Gasteiger partial charge in [0.05, 0.1) is 18.5 Å². The van der Waals surface area contributed by atoms with Crippen LogP contribution < -0.4 is 61.8 Å². The van der Waals surface area contributed by atoms with Crippen molar-refractivity contribution in [3.8, 4) is 6.07 Å². The van der Waals surface area contributed by atoms with Crippen LogP contribution in [0.2, 0.25) is 0 Å². The van der Waals surface area contributed by atoms with Gasteiger partial charge in [0.2, 0.25) is 5.91 Å². The number of allylic oxidation sites excluding steroid dienone is 2. The van der Waals surface area contributed by atoms with Crippen LogP contribution in [0.3, 0.4) is 0 Å². The molecule has 5 nitrogen and oxygen atoms in total. The molecule has 0 spiro atoms. The fraction of sp³-hybridized carbons (Fsp3) is 0.222. The Morgan fingerprint density at radius 1 is 1.60 bits per heavy atom. The normalized spacial score (nSPS) is 9.47. The molecule has 0 atom stereocenters. The molecule has 0 aliphatic heterocycles. The van der Waals surface area contributed by atoms with Gasteiger partial charge >= 0.3 is 51.4 Å². The van der Waals surface area contributed by atoms with Crippen molar-refractivity contribution in [3.63, 3.8) is 0 Å². The SMILES string of the molecule is C=C(CC(=O)NC(C)=CC#N)C(=O)[O-].[K+]. The first-order chi connectivity index (χ1) is 6.47. The van der Waals surface area contributed by atoms with E-state index < -0.39 is 11.9 Å². The summed E-state index contributed by atoms with van der Waals surface area (Å²) in [6.45, 7) is 4.66. The average molecular weight is 232 g/mol. The second-order valence-electron chi connectivity index (χ2n) is 2.57. The first-order valence-corrected chi connectivity index (χ1v) is 3.72. The van der Waals surface area contributed by atoms with E-state index in [-0.39, 0.29) is 63.4 Å². The molecule has 0 aliphatic rings. The second-order valence-corrected chi connectivity index (χ2v) is 2.57. The van der Waals surface area contributed by atoms with Gasteiger partial charge in [-0.2, -0.15) is 5.26 Å². The molecule has 6 heteroatoms.